The van der Waals surface area contributed by atoms with Gasteiger partial charge in [-0.2, -0.15) is 0 Å². The first-order valence-electron chi connectivity index (χ1n) is 6.87. The average Bonchev–Trinajstić information content (AvgIpc) is 2.95. The predicted octanol–water partition coefficient (Wildman–Crippen LogP) is 2.11. The molecule has 2 aliphatic rings. The second kappa shape index (κ2) is 4.20. The van der Waals surface area contributed by atoms with Gasteiger partial charge in [-0.3, -0.25) is 4.90 Å². The highest BCUT2D eigenvalue weighted by atomic mass is 32.1. The number of carbonyl (C=O) groups excluding carboxylic acids is 1. The van der Waals surface area contributed by atoms with Gasteiger partial charge >= 0.3 is 6.03 Å². The van der Waals surface area contributed by atoms with Crippen molar-refractivity contribution in [2.45, 2.75) is 12.1 Å². The van der Waals surface area contributed by atoms with Crippen LogP contribution in [0.5, 0.6) is 0 Å². The summed E-state index contributed by atoms with van der Waals surface area (Å²) >= 11 is 1.81. The van der Waals surface area contributed by atoms with Crippen molar-refractivity contribution in [1.82, 2.24) is 15.1 Å². The molecule has 2 saturated heterocycles. The molecule has 2 amide bonds. The molecule has 4 rings (SSSR count). The smallest absolute Gasteiger partial charge is 0.317 e. The summed E-state index contributed by atoms with van der Waals surface area (Å²) in [7, 11) is 1.90. The number of urea groups is 1. The summed E-state index contributed by atoms with van der Waals surface area (Å²) in [4.78, 5) is 15.9. The van der Waals surface area contributed by atoms with Crippen molar-refractivity contribution in [3.8, 4) is 0 Å². The minimum atomic E-state index is 0.0307. The van der Waals surface area contributed by atoms with E-state index >= 15 is 0 Å². The van der Waals surface area contributed by atoms with Gasteiger partial charge in [0.25, 0.3) is 0 Å². The number of likely N-dealkylation sites (N-methyl/N-ethyl adjacent to an activating group) is 1. The van der Waals surface area contributed by atoms with Crippen LogP contribution in [-0.4, -0.2) is 48.1 Å². The summed E-state index contributed by atoms with van der Waals surface area (Å²) < 4.78 is 1.35. The van der Waals surface area contributed by atoms with Gasteiger partial charge in [-0.1, -0.05) is 18.2 Å². The second-order valence-electron chi connectivity index (χ2n) is 5.84. The number of hydrogen-bond donors (Lipinski definition) is 1. The average molecular weight is 287 g/mol. The number of benzene rings is 1. The number of amides is 2. The highest BCUT2D eigenvalue weighted by Crippen LogP contribution is 2.33. The fourth-order valence-corrected chi connectivity index (χ4v) is 4.26. The molecule has 1 N–H and O–H groups in total. The number of likely N-dealkylation sites (tertiary alicyclic amines) is 1. The molecule has 0 aliphatic carbocycles. The van der Waals surface area contributed by atoms with Crippen molar-refractivity contribution >= 4 is 27.5 Å². The van der Waals surface area contributed by atoms with Gasteiger partial charge in [-0.05, 0) is 22.4 Å². The molecule has 2 aromatic rings. The van der Waals surface area contributed by atoms with E-state index in [0.29, 0.717) is 0 Å². The van der Waals surface area contributed by atoms with Crippen molar-refractivity contribution in [3.63, 3.8) is 0 Å². The molecule has 1 aromatic heterocycles. The number of carbonyl (C=O) groups is 1. The Kier molecular flexibility index (Phi) is 2.56. The number of nitrogens with zero attached hydrogens (tertiary/aromatic N) is 2. The standard InChI is InChI=1S/C15H17N3OS/c1-17-14(19)16-8-15(17)9-18(10-15)6-11-7-20-13-5-3-2-4-12(11)13/h2-5,7H,6,8-10H2,1H3,(H,16,19). The molecule has 5 heteroatoms. The van der Waals surface area contributed by atoms with Gasteiger partial charge in [0, 0.05) is 37.9 Å². The molecule has 0 saturated carbocycles. The van der Waals surface area contributed by atoms with E-state index < -0.39 is 0 Å². The lowest BCUT2D eigenvalue weighted by molar-refractivity contribution is -0.000740. The molecule has 0 bridgehead atoms. The van der Waals surface area contributed by atoms with Crippen molar-refractivity contribution in [3.05, 3.63) is 35.2 Å². The topological polar surface area (TPSA) is 35.6 Å². The maximum Gasteiger partial charge on any atom is 0.317 e. The van der Waals surface area contributed by atoms with Crippen molar-refractivity contribution in [2.75, 3.05) is 26.7 Å². The van der Waals surface area contributed by atoms with Gasteiger partial charge in [-0.25, -0.2) is 4.79 Å². The van der Waals surface area contributed by atoms with Gasteiger partial charge < -0.3 is 10.2 Å². The summed E-state index contributed by atoms with van der Waals surface area (Å²) in [6.45, 7) is 3.69. The quantitative estimate of drug-likeness (QED) is 0.918. The van der Waals surface area contributed by atoms with E-state index in [1.165, 1.54) is 15.6 Å². The number of fused-ring (bicyclic) bond motifs is 1. The molecule has 0 atom stereocenters. The zero-order chi connectivity index (χ0) is 13.7. The minimum Gasteiger partial charge on any atom is -0.336 e. The zero-order valence-corrected chi connectivity index (χ0v) is 12.2. The van der Waals surface area contributed by atoms with Crippen LogP contribution in [0.15, 0.2) is 29.6 Å². The van der Waals surface area contributed by atoms with Crippen LogP contribution in [0.3, 0.4) is 0 Å². The van der Waals surface area contributed by atoms with Crippen molar-refractivity contribution in [2.24, 2.45) is 0 Å². The maximum atomic E-state index is 11.6. The highest BCUT2D eigenvalue weighted by molar-refractivity contribution is 7.17. The Morgan fingerprint density at radius 3 is 2.90 bits per heavy atom. The number of rotatable bonds is 2. The molecule has 2 aliphatic heterocycles. The summed E-state index contributed by atoms with van der Waals surface area (Å²) in [6, 6.07) is 8.62. The van der Waals surface area contributed by atoms with Crippen LogP contribution in [-0.2, 0) is 6.54 Å². The van der Waals surface area contributed by atoms with Crippen molar-refractivity contribution < 1.29 is 4.79 Å². The first kappa shape index (κ1) is 12.2. The lowest BCUT2D eigenvalue weighted by Crippen LogP contribution is -2.68. The van der Waals surface area contributed by atoms with E-state index in [1.54, 1.807) is 0 Å². The SMILES string of the molecule is CN1C(=O)NCC12CN(Cc1csc3ccccc13)C2. The Morgan fingerprint density at radius 2 is 2.15 bits per heavy atom. The molecule has 20 heavy (non-hydrogen) atoms. The first-order chi connectivity index (χ1) is 9.68. The Morgan fingerprint density at radius 1 is 1.35 bits per heavy atom. The lowest BCUT2D eigenvalue weighted by Gasteiger charge is -2.50. The molecule has 1 aromatic carbocycles. The van der Waals surface area contributed by atoms with Crippen LogP contribution in [0.4, 0.5) is 4.79 Å². The fraction of sp³-hybridized carbons (Fsp3) is 0.400. The van der Waals surface area contributed by atoms with E-state index in [2.05, 4.69) is 39.9 Å². The van der Waals surface area contributed by atoms with Gasteiger partial charge in [0.05, 0.1) is 5.54 Å². The molecule has 0 radical (unpaired) electrons. The molecular weight excluding hydrogens is 270 g/mol. The van der Waals surface area contributed by atoms with E-state index in [1.807, 2.05) is 23.3 Å². The first-order valence-corrected chi connectivity index (χ1v) is 7.75. The molecule has 1 spiro atoms. The molecular formula is C15H17N3OS. The van der Waals surface area contributed by atoms with Gasteiger partial charge in [0.1, 0.15) is 0 Å². The Hall–Kier alpha value is -1.59. The summed E-state index contributed by atoms with van der Waals surface area (Å²) in [6.07, 6.45) is 0. The normalized spacial score (nSPS) is 21.4. The van der Waals surface area contributed by atoms with Gasteiger partial charge in [-0.15, -0.1) is 11.3 Å². The van der Waals surface area contributed by atoms with Crippen LogP contribution >= 0.6 is 11.3 Å². The largest absolute Gasteiger partial charge is 0.336 e. The van der Waals surface area contributed by atoms with Crippen LogP contribution in [0, 0.1) is 0 Å². The van der Waals surface area contributed by atoms with Crippen LogP contribution in [0.1, 0.15) is 5.56 Å². The van der Waals surface area contributed by atoms with E-state index in [9.17, 15) is 4.79 Å². The number of hydrogen-bond acceptors (Lipinski definition) is 3. The lowest BCUT2D eigenvalue weighted by atomic mass is 9.89. The van der Waals surface area contributed by atoms with Gasteiger partial charge in [0.2, 0.25) is 0 Å². The minimum absolute atomic E-state index is 0.0307. The van der Waals surface area contributed by atoms with Gasteiger partial charge in [0.15, 0.2) is 0 Å². The molecule has 3 heterocycles. The van der Waals surface area contributed by atoms with E-state index in [4.69, 9.17) is 0 Å². The second-order valence-corrected chi connectivity index (χ2v) is 6.76. The predicted molar refractivity (Wildman–Crippen MR) is 81.0 cm³/mol. The molecule has 0 unspecified atom stereocenters. The van der Waals surface area contributed by atoms with Crippen LogP contribution in [0.2, 0.25) is 0 Å². The summed E-state index contributed by atoms with van der Waals surface area (Å²) in [5.74, 6) is 0. The van der Waals surface area contributed by atoms with Crippen molar-refractivity contribution in [1.29, 1.82) is 0 Å². The fourth-order valence-electron chi connectivity index (χ4n) is 3.31. The molecule has 2 fully saturated rings. The highest BCUT2D eigenvalue weighted by Gasteiger charge is 2.51. The summed E-state index contributed by atoms with van der Waals surface area (Å²) in [5.41, 5.74) is 1.43. The van der Waals surface area contributed by atoms with Crippen LogP contribution in [0.25, 0.3) is 10.1 Å². The third-order valence-corrected chi connectivity index (χ3v) is 5.59. The third-order valence-electron chi connectivity index (χ3n) is 4.58. The Bertz CT molecular complexity index is 675. The molecule has 4 nitrogen and oxygen atoms in total. The zero-order valence-electron chi connectivity index (χ0n) is 11.4. The maximum absolute atomic E-state index is 11.6. The number of thiophene rings is 1. The number of nitrogens with one attached hydrogen (secondary N) is 1. The van der Waals surface area contributed by atoms with E-state index in [0.717, 1.165) is 26.2 Å². The Labute approximate surface area is 122 Å². The van der Waals surface area contributed by atoms with Crippen LogP contribution < -0.4 is 5.32 Å². The molecule has 104 valence electrons. The monoisotopic (exact) mass is 287 g/mol. The van der Waals surface area contributed by atoms with E-state index in [-0.39, 0.29) is 11.6 Å². The summed E-state index contributed by atoms with van der Waals surface area (Å²) in [5, 5.41) is 6.56. The third kappa shape index (κ3) is 1.66. The Balaban J connectivity index is 1.49.